The Kier molecular flexibility index (Phi) is 7.07. The normalized spacial score (nSPS) is 10.2. The zero-order chi connectivity index (χ0) is 18.2. The molecule has 0 spiro atoms. The molecule has 0 bridgehead atoms. The van der Waals surface area contributed by atoms with Crippen molar-refractivity contribution in [3.05, 3.63) is 53.1 Å². The fraction of sp³-hybridized carbons (Fsp3) is 0.350. The number of thiocarbonyl (C=S) groups is 1. The maximum Gasteiger partial charge on any atom is 0.171 e. The summed E-state index contributed by atoms with van der Waals surface area (Å²) < 4.78 is 11.2. The highest BCUT2D eigenvalue weighted by molar-refractivity contribution is 7.80. The molecular formula is C20H26N2O2S. The molecule has 0 fully saturated rings. The Morgan fingerprint density at radius 3 is 2.32 bits per heavy atom. The molecule has 0 radical (unpaired) electrons. The molecule has 5 heteroatoms. The zero-order valence-corrected chi connectivity index (χ0v) is 16.1. The lowest BCUT2D eigenvalue weighted by atomic mass is 10.1. The molecule has 0 aliphatic carbocycles. The number of aryl methyl sites for hydroxylation is 2. The van der Waals surface area contributed by atoms with E-state index < -0.39 is 0 Å². The van der Waals surface area contributed by atoms with Crippen molar-refractivity contribution in [2.75, 3.05) is 18.5 Å². The molecule has 134 valence electrons. The molecule has 2 N–H and O–H groups in total. The number of rotatable bonds is 7. The van der Waals surface area contributed by atoms with Gasteiger partial charge in [-0.1, -0.05) is 12.1 Å². The average molecular weight is 359 g/mol. The van der Waals surface area contributed by atoms with E-state index >= 15 is 0 Å². The van der Waals surface area contributed by atoms with Gasteiger partial charge in [0.1, 0.15) is 0 Å². The number of hydrogen-bond acceptors (Lipinski definition) is 3. The number of benzene rings is 2. The summed E-state index contributed by atoms with van der Waals surface area (Å²) in [5.74, 6) is 1.53. The minimum Gasteiger partial charge on any atom is -0.490 e. The van der Waals surface area contributed by atoms with Crippen molar-refractivity contribution in [1.29, 1.82) is 0 Å². The first kappa shape index (κ1) is 19.1. The van der Waals surface area contributed by atoms with Gasteiger partial charge in [-0.05, 0) is 80.9 Å². The molecular weight excluding hydrogens is 332 g/mol. The fourth-order valence-corrected chi connectivity index (χ4v) is 2.57. The number of hydrogen-bond donors (Lipinski definition) is 2. The van der Waals surface area contributed by atoms with Crippen LogP contribution in [0.2, 0.25) is 0 Å². The molecule has 0 saturated carbocycles. The van der Waals surface area contributed by atoms with E-state index in [1.54, 1.807) is 0 Å². The molecule has 4 nitrogen and oxygen atoms in total. The second-order valence-corrected chi connectivity index (χ2v) is 6.16. The van der Waals surface area contributed by atoms with Gasteiger partial charge in [0, 0.05) is 12.2 Å². The second-order valence-electron chi connectivity index (χ2n) is 5.75. The summed E-state index contributed by atoms with van der Waals surface area (Å²) >= 11 is 5.38. The standard InChI is InChI=1S/C20H26N2O2S/c1-5-23-18-10-8-16(12-19(18)24-6-2)13-21-20(25)22-17-9-7-14(3)15(4)11-17/h7-12H,5-6,13H2,1-4H3,(H2,21,22,25). The largest absolute Gasteiger partial charge is 0.490 e. The minimum atomic E-state index is 0.593. The Morgan fingerprint density at radius 2 is 1.64 bits per heavy atom. The molecule has 0 amide bonds. The van der Waals surface area contributed by atoms with Gasteiger partial charge in [-0.3, -0.25) is 0 Å². The van der Waals surface area contributed by atoms with Crippen LogP contribution in [0.5, 0.6) is 11.5 Å². The predicted octanol–water partition coefficient (Wildman–Crippen LogP) is 4.59. The molecule has 25 heavy (non-hydrogen) atoms. The van der Waals surface area contributed by atoms with Crippen LogP contribution in [0.1, 0.15) is 30.5 Å². The lowest BCUT2D eigenvalue weighted by molar-refractivity contribution is 0.287. The van der Waals surface area contributed by atoms with Gasteiger partial charge in [0.05, 0.1) is 13.2 Å². The quantitative estimate of drug-likeness (QED) is 0.709. The van der Waals surface area contributed by atoms with Crippen LogP contribution in [0.3, 0.4) is 0 Å². The highest BCUT2D eigenvalue weighted by Gasteiger charge is 2.07. The summed E-state index contributed by atoms with van der Waals surface area (Å²) in [4.78, 5) is 0. The van der Waals surface area contributed by atoms with Crippen molar-refractivity contribution in [1.82, 2.24) is 5.32 Å². The van der Waals surface area contributed by atoms with Gasteiger partial charge in [0.2, 0.25) is 0 Å². The molecule has 2 aromatic carbocycles. The molecule has 0 aliphatic rings. The Balaban J connectivity index is 1.96. The summed E-state index contributed by atoms with van der Waals surface area (Å²) in [6, 6.07) is 12.1. The maximum absolute atomic E-state index is 5.66. The monoisotopic (exact) mass is 358 g/mol. The van der Waals surface area contributed by atoms with Crippen molar-refractivity contribution >= 4 is 23.0 Å². The third kappa shape index (κ3) is 5.64. The highest BCUT2D eigenvalue weighted by atomic mass is 32.1. The minimum absolute atomic E-state index is 0.593. The average Bonchev–Trinajstić information content (AvgIpc) is 2.59. The Hall–Kier alpha value is -2.27. The van der Waals surface area contributed by atoms with E-state index in [9.17, 15) is 0 Å². The topological polar surface area (TPSA) is 42.5 Å². The van der Waals surface area contributed by atoms with Gasteiger partial charge < -0.3 is 20.1 Å². The van der Waals surface area contributed by atoms with E-state index in [4.69, 9.17) is 21.7 Å². The SMILES string of the molecule is CCOc1ccc(CNC(=S)Nc2ccc(C)c(C)c2)cc1OCC. The molecule has 0 saturated heterocycles. The van der Waals surface area contributed by atoms with E-state index in [1.807, 2.05) is 38.1 Å². The molecule has 2 rings (SSSR count). The van der Waals surface area contributed by atoms with Crippen LogP contribution < -0.4 is 20.1 Å². The van der Waals surface area contributed by atoms with Crippen LogP contribution in [-0.4, -0.2) is 18.3 Å². The number of ether oxygens (including phenoxy) is 2. The van der Waals surface area contributed by atoms with Crippen molar-refractivity contribution in [3.63, 3.8) is 0 Å². The lowest BCUT2D eigenvalue weighted by Crippen LogP contribution is -2.27. The Bertz CT molecular complexity index is 732. The molecule has 0 unspecified atom stereocenters. The second kappa shape index (κ2) is 9.28. The first-order valence-corrected chi connectivity index (χ1v) is 8.95. The van der Waals surface area contributed by atoms with Gasteiger partial charge in [-0.15, -0.1) is 0 Å². The number of nitrogens with one attached hydrogen (secondary N) is 2. The Morgan fingerprint density at radius 1 is 0.920 bits per heavy atom. The molecule has 0 aliphatic heterocycles. The summed E-state index contributed by atoms with van der Waals surface area (Å²) in [5.41, 5.74) is 4.57. The first-order valence-electron chi connectivity index (χ1n) is 8.54. The summed E-state index contributed by atoms with van der Waals surface area (Å²) in [5, 5.41) is 7.03. The summed E-state index contributed by atoms with van der Waals surface area (Å²) in [7, 11) is 0. The van der Waals surface area contributed by atoms with Crippen LogP contribution in [-0.2, 0) is 6.54 Å². The molecule has 0 atom stereocenters. The van der Waals surface area contributed by atoms with Crippen molar-refractivity contribution in [2.24, 2.45) is 0 Å². The fourth-order valence-electron chi connectivity index (χ4n) is 2.38. The molecule has 0 heterocycles. The third-order valence-corrected chi connectivity index (χ3v) is 4.07. The summed E-state index contributed by atoms with van der Waals surface area (Å²) in [6.07, 6.45) is 0. The van der Waals surface area contributed by atoms with Crippen LogP contribution in [0.25, 0.3) is 0 Å². The van der Waals surface area contributed by atoms with Crippen LogP contribution >= 0.6 is 12.2 Å². The first-order chi connectivity index (χ1) is 12.0. The van der Waals surface area contributed by atoms with Crippen LogP contribution in [0.15, 0.2) is 36.4 Å². The van der Waals surface area contributed by atoms with E-state index in [0.717, 1.165) is 22.7 Å². The third-order valence-electron chi connectivity index (χ3n) is 3.83. The van der Waals surface area contributed by atoms with E-state index in [0.29, 0.717) is 24.9 Å². The van der Waals surface area contributed by atoms with Crippen molar-refractivity contribution < 1.29 is 9.47 Å². The van der Waals surface area contributed by atoms with Gasteiger partial charge >= 0.3 is 0 Å². The van der Waals surface area contributed by atoms with Gasteiger partial charge in [-0.2, -0.15) is 0 Å². The van der Waals surface area contributed by atoms with E-state index in [-0.39, 0.29) is 0 Å². The van der Waals surface area contributed by atoms with Gasteiger partial charge in [0.15, 0.2) is 16.6 Å². The van der Waals surface area contributed by atoms with Crippen molar-refractivity contribution in [2.45, 2.75) is 34.2 Å². The number of anilines is 1. The maximum atomic E-state index is 5.66. The van der Waals surface area contributed by atoms with Gasteiger partial charge in [0.25, 0.3) is 0 Å². The highest BCUT2D eigenvalue weighted by Crippen LogP contribution is 2.28. The van der Waals surface area contributed by atoms with Gasteiger partial charge in [-0.25, -0.2) is 0 Å². The van der Waals surface area contributed by atoms with Crippen molar-refractivity contribution in [3.8, 4) is 11.5 Å². The van der Waals surface area contributed by atoms with E-state index in [1.165, 1.54) is 11.1 Å². The lowest BCUT2D eigenvalue weighted by Gasteiger charge is -2.14. The predicted molar refractivity (Wildman–Crippen MR) is 108 cm³/mol. The Labute approximate surface area is 155 Å². The van der Waals surface area contributed by atoms with Crippen LogP contribution in [0, 0.1) is 13.8 Å². The van der Waals surface area contributed by atoms with E-state index in [2.05, 4.69) is 36.6 Å². The smallest absolute Gasteiger partial charge is 0.171 e. The summed E-state index contributed by atoms with van der Waals surface area (Å²) in [6.45, 7) is 9.93. The molecule has 2 aromatic rings. The molecule has 0 aromatic heterocycles. The zero-order valence-electron chi connectivity index (χ0n) is 15.3. The van der Waals surface area contributed by atoms with Crippen LogP contribution in [0.4, 0.5) is 5.69 Å².